The van der Waals surface area contributed by atoms with Crippen LogP contribution in [0.5, 0.6) is 0 Å². The standard InChI is InChI=1S/C12H14N2O2S2/c1-3-16-12(15)10-11(18-7-13-10)14-8(2)9-5-4-6-17-9/h4-8,14H,3H2,1-2H3. The Balaban J connectivity index is 2.10. The summed E-state index contributed by atoms with van der Waals surface area (Å²) in [4.78, 5) is 17.0. The highest BCUT2D eigenvalue weighted by atomic mass is 32.1. The second-order valence-electron chi connectivity index (χ2n) is 3.63. The zero-order valence-corrected chi connectivity index (χ0v) is 11.8. The Morgan fingerprint density at radius 3 is 3.06 bits per heavy atom. The van der Waals surface area contributed by atoms with E-state index in [1.54, 1.807) is 23.8 Å². The molecule has 0 aromatic carbocycles. The topological polar surface area (TPSA) is 51.2 Å². The quantitative estimate of drug-likeness (QED) is 0.852. The summed E-state index contributed by atoms with van der Waals surface area (Å²) in [7, 11) is 0. The van der Waals surface area contributed by atoms with Crippen molar-refractivity contribution < 1.29 is 9.53 Å². The molecule has 0 aliphatic heterocycles. The zero-order valence-electron chi connectivity index (χ0n) is 10.2. The number of thiazole rings is 1. The lowest BCUT2D eigenvalue weighted by Crippen LogP contribution is -2.10. The van der Waals surface area contributed by atoms with E-state index in [0.717, 1.165) is 5.00 Å². The van der Waals surface area contributed by atoms with E-state index in [-0.39, 0.29) is 12.0 Å². The highest BCUT2D eigenvalue weighted by Crippen LogP contribution is 2.28. The molecular formula is C12H14N2O2S2. The summed E-state index contributed by atoms with van der Waals surface area (Å²) in [6, 6.07) is 4.23. The van der Waals surface area contributed by atoms with E-state index < -0.39 is 0 Å². The molecule has 1 unspecified atom stereocenters. The number of esters is 1. The van der Waals surface area contributed by atoms with Crippen molar-refractivity contribution in [1.29, 1.82) is 0 Å². The third-order valence-corrected chi connectivity index (χ3v) is 4.17. The molecule has 0 radical (unpaired) electrons. The van der Waals surface area contributed by atoms with Crippen molar-refractivity contribution in [3.8, 4) is 0 Å². The van der Waals surface area contributed by atoms with E-state index in [1.165, 1.54) is 16.2 Å². The molecule has 0 saturated carbocycles. The first-order chi connectivity index (χ1) is 8.72. The van der Waals surface area contributed by atoms with Crippen LogP contribution in [0.1, 0.15) is 35.3 Å². The number of carbonyl (C=O) groups excluding carboxylic acids is 1. The normalized spacial score (nSPS) is 12.1. The Kier molecular flexibility index (Phi) is 4.33. The number of ether oxygens (including phenoxy) is 1. The number of aromatic nitrogens is 1. The largest absolute Gasteiger partial charge is 0.461 e. The highest BCUT2D eigenvalue weighted by Gasteiger charge is 2.18. The highest BCUT2D eigenvalue weighted by molar-refractivity contribution is 7.14. The predicted molar refractivity (Wildman–Crippen MR) is 74.4 cm³/mol. The van der Waals surface area contributed by atoms with Gasteiger partial charge >= 0.3 is 5.97 Å². The molecule has 2 aromatic rings. The van der Waals surface area contributed by atoms with Crippen molar-refractivity contribution in [1.82, 2.24) is 4.98 Å². The molecule has 2 aromatic heterocycles. The number of hydrogen-bond donors (Lipinski definition) is 1. The van der Waals surface area contributed by atoms with Gasteiger partial charge in [0, 0.05) is 4.88 Å². The molecule has 0 fully saturated rings. The van der Waals surface area contributed by atoms with E-state index in [4.69, 9.17) is 4.74 Å². The van der Waals surface area contributed by atoms with Crippen molar-refractivity contribution >= 4 is 33.6 Å². The monoisotopic (exact) mass is 282 g/mol. The van der Waals surface area contributed by atoms with Crippen LogP contribution < -0.4 is 5.32 Å². The number of hydrogen-bond acceptors (Lipinski definition) is 6. The number of nitrogens with one attached hydrogen (secondary N) is 1. The van der Waals surface area contributed by atoms with E-state index in [9.17, 15) is 4.79 Å². The van der Waals surface area contributed by atoms with Crippen molar-refractivity contribution in [3.63, 3.8) is 0 Å². The van der Waals surface area contributed by atoms with Crippen molar-refractivity contribution in [2.75, 3.05) is 11.9 Å². The SMILES string of the molecule is CCOC(=O)c1ncsc1NC(C)c1cccs1. The number of anilines is 1. The van der Waals surface area contributed by atoms with Gasteiger partial charge in [-0.05, 0) is 25.3 Å². The lowest BCUT2D eigenvalue weighted by molar-refractivity contribution is 0.0521. The van der Waals surface area contributed by atoms with Crippen molar-refractivity contribution in [3.05, 3.63) is 33.6 Å². The first kappa shape index (κ1) is 13.0. The molecule has 96 valence electrons. The van der Waals surface area contributed by atoms with Crippen LogP contribution in [-0.2, 0) is 4.74 Å². The third-order valence-electron chi connectivity index (χ3n) is 2.35. The van der Waals surface area contributed by atoms with Crippen LogP contribution in [-0.4, -0.2) is 17.6 Å². The fourth-order valence-electron chi connectivity index (χ4n) is 1.50. The average molecular weight is 282 g/mol. The molecule has 0 amide bonds. The van der Waals surface area contributed by atoms with Crippen LogP contribution in [0.3, 0.4) is 0 Å². The van der Waals surface area contributed by atoms with Crippen LogP contribution in [0.2, 0.25) is 0 Å². The molecule has 0 spiro atoms. The average Bonchev–Trinajstić information content (AvgIpc) is 2.99. The minimum Gasteiger partial charge on any atom is -0.461 e. The van der Waals surface area contributed by atoms with Gasteiger partial charge in [-0.25, -0.2) is 9.78 Å². The first-order valence-corrected chi connectivity index (χ1v) is 7.38. The summed E-state index contributed by atoms with van der Waals surface area (Å²) in [6.07, 6.45) is 0. The second-order valence-corrected chi connectivity index (χ2v) is 5.47. The first-order valence-electron chi connectivity index (χ1n) is 5.63. The van der Waals surface area contributed by atoms with Gasteiger partial charge in [-0.1, -0.05) is 6.07 Å². The summed E-state index contributed by atoms with van der Waals surface area (Å²) in [5, 5.41) is 6.09. The molecule has 0 bridgehead atoms. The number of thiophene rings is 1. The van der Waals surface area contributed by atoms with Crippen LogP contribution in [0.25, 0.3) is 0 Å². The van der Waals surface area contributed by atoms with E-state index >= 15 is 0 Å². The molecule has 0 aliphatic carbocycles. The molecule has 0 saturated heterocycles. The van der Waals surface area contributed by atoms with Gasteiger partial charge in [0.2, 0.25) is 0 Å². The molecule has 4 nitrogen and oxygen atoms in total. The molecule has 1 atom stereocenters. The minimum atomic E-state index is -0.375. The lowest BCUT2D eigenvalue weighted by Gasteiger charge is -2.12. The van der Waals surface area contributed by atoms with Gasteiger partial charge in [0.15, 0.2) is 5.69 Å². The fraction of sp³-hybridized carbons (Fsp3) is 0.333. The fourth-order valence-corrected chi connectivity index (χ4v) is 2.99. The Bertz CT molecular complexity index is 508. The second kappa shape index (κ2) is 5.97. The van der Waals surface area contributed by atoms with Crippen LogP contribution in [0, 0.1) is 0 Å². The smallest absolute Gasteiger partial charge is 0.360 e. The number of rotatable bonds is 5. The summed E-state index contributed by atoms with van der Waals surface area (Å²) in [5.74, 6) is -0.375. The minimum absolute atomic E-state index is 0.152. The van der Waals surface area contributed by atoms with Crippen molar-refractivity contribution in [2.24, 2.45) is 0 Å². The molecule has 1 N–H and O–H groups in total. The maximum Gasteiger partial charge on any atom is 0.360 e. The molecule has 2 rings (SSSR count). The third kappa shape index (κ3) is 2.88. The van der Waals surface area contributed by atoms with Crippen LogP contribution in [0.15, 0.2) is 23.0 Å². The summed E-state index contributed by atoms with van der Waals surface area (Å²) in [6.45, 7) is 4.20. The van der Waals surface area contributed by atoms with E-state index in [2.05, 4.69) is 23.3 Å². The van der Waals surface area contributed by atoms with Gasteiger partial charge < -0.3 is 10.1 Å². The summed E-state index contributed by atoms with van der Waals surface area (Å²) in [5.41, 5.74) is 2.01. The predicted octanol–water partition coefficient (Wildman–Crippen LogP) is 3.55. The van der Waals surface area contributed by atoms with Gasteiger partial charge in [0.25, 0.3) is 0 Å². The van der Waals surface area contributed by atoms with Gasteiger partial charge in [-0.3, -0.25) is 0 Å². The van der Waals surface area contributed by atoms with E-state index in [0.29, 0.717) is 12.3 Å². The number of nitrogens with zero attached hydrogens (tertiary/aromatic N) is 1. The molecule has 2 heterocycles. The Labute approximate surface area is 114 Å². The molecule has 18 heavy (non-hydrogen) atoms. The molecular weight excluding hydrogens is 268 g/mol. The summed E-state index contributed by atoms with van der Waals surface area (Å²) < 4.78 is 4.97. The molecule has 6 heteroatoms. The molecule has 0 aliphatic rings. The van der Waals surface area contributed by atoms with Gasteiger partial charge in [-0.15, -0.1) is 22.7 Å². The summed E-state index contributed by atoms with van der Waals surface area (Å²) >= 11 is 3.09. The van der Waals surface area contributed by atoms with E-state index in [1.807, 2.05) is 11.4 Å². The maximum absolute atomic E-state index is 11.7. The van der Waals surface area contributed by atoms with Gasteiger partial charge in [0.05, 0.1) is 18.2 Å². The van der Waals surface area contributed by atoms with Gasteiger partial charge in [-0.2, -0.15) is 0 Å². The van der Waals surface area contributed by atoms with Crippen molar-refractivity contribution in [2.45, 2.75) is 19.9 Å². The number of carbonyl (C=O) groups is 1. The van der Waals surface area contributed by atoms with Crippen LogP contribution >= 0.6 is 22.7 Å². The lowest BCUT2D eigenvalue weighted by atomic mass is 10.3. The maximum atomic E-state index is 11.7. The Morgan fingerprint density at radius 2 is 2.39 bits per heavy atom. The Hall–Kier alpha value is -1.40. The zero-order chi connectivity index (χ0) is 13.0. The Morgan fingerprint density at radius 1 is 1.56 bits per heavy atom. The van der Waals surface area contributed by atoms with Gasteiger partial charge in [0.1, 0.15) is 5.00 Å². The van der Waals surface area contributed by atoms with Crippen LogP contribution in [0.4, 0.5) is 5.00 Å².